The van der Waals surface area contributed by atoms with Gasteiger partial charge in [-0.3, -0.25) is 0 Å². The first-order valence-electron chi connectivity index (χ1n) is 5.00. The Kier molecular flexibility index (Phi) is 2.36. The van der Waals surface area contributed by atoms with Crippen molar-refractivity contribution in [3.63, 3.8) is 0 Å². The largest absolute Gasteiger partial charge is 0.337 e. The number of aromatic nitrogens is 2. The van der Waals surface area contributed by atoms with Crippen molar-refractivity contribution in [1.82, 2.24) is 9.55 Å². The second-order valence-corrected chi connectivity index (χ2v) is 3.94. The van der Waals surface area contributed by atoms with Gasteiger partial charge in [0.05, 0.1) is 12.0 Å². The zero-order chi connectivity index (χ0) is 9.26. The van der Waals surface area contributed by atoms with Gasteiger partial charge in [0.15, 0.2) is 0 Å². The third-order valence-corrected chi connectivity index (χ3v) is 2.99. The van der Waals surface area contributed by atoms with Crippen LogP contribution in [0, 0.1) is 5.92 Å². The van der Waals surface area contributed by atoms with Crippen molar-refractivity contribution in [1.29, 1.82) is 0 Å². The van der Waals surface area contributed by atoms with E-state index in [0.717, 1.165) is 25.3 Å². The molecule has 1 aromatic rings. The van der Waals surface area contributed by atoms with Crippen molar-refractivity contribution in [3.8, 4) is 0 Å². The standard InChI is InChI=1S/C10H17N3/c1-13-7-12-9-6-8(4-5-11)2-3-10(9)13/h7-8H,2-6,11H2,1H3. The highest BCUT2D eigenvalue weighted by Crippen LogP contribution is 2.25. The van der Waals surface area contributed by atoms with Gasteiger partial charge in [-0.25, -0.2) is 4.98 Å². The van der Waals surface area contributed by atoms with Crippen LogP contribution in [-0.4, -0.2) is 16.1 Å². The zero-order valence-corrected chi connectivity index (χ0v) is 8.16. The van der Waals surface area contributed by atoms with E-state index >= 15 is 0 Å². The topological polar surface area (TPSA) is 43.8 Å². The third-order valence-electron chi connectivity index (χ3n) is 2.99. The third kappa shape index (κ3) is 1.61. The molecule has 0 amide bonds. The number of aryl methyl sites for hydroxylation is 1. The first-order valence-corrected chi connectivity index (χ1v) is 5.00. The highest BCUT2D eigenvalue weighted by Gasteiger charge is 2.20. The number of rotatable bonds is 2. The lowest BCUT2D eigenvalue weighted by atomic mass is 9.87. The predicted molar refractivity (Wildman–Crippen MR) is 52.4 cm³/mol. The molecule has 1 aliphatic rings. The van der Waals surface area contributed by atoms with E-state index < -0.39 is 0 Å². The summed E-state index contributed by atoms with van der Waals surface area (Å²) in [5.41, 5.74) is 8.28. The fourth-order valence-corrected chi connectivity index (χ4v) is 2.19. The van der Waals surface area contributed by atoms with Crippen molar-refractivity contribution < 1.29 is 0 Å². The predicted octanol–water partition coefficient (Wildman–Crippen LogP) is 0.874. The van der Waals surface area contributed by atoms with Crippen LogP contribution in [0.5, 0.6) is 0 Å². The van der Waals surface area contributed by atoms with Gasteiger partial charge in [0.1, 0.15) is 0 Å². The van der Waals surface area contributed by atoms with E-state index in [-0.39, 0.29) is 0 Å². The Morgan fingerprint density at radius 2 is 2.54 bits per heavy atom. The molecule has 0 radical (unpaired) electrons. The molecule has 0 fully saturated rings. The second kappa shape index (κ2) is 3.50. The Labute approximate surface area is 79.0 Å². The highest BCUT2D eigenvalue weighted by molar-refractivity contribution is 5.16. The molecule has 1 atom stereocenters. The maximum absolute atomic E-state index is 5.56. The Balaban J connectivity index is 2.11. The summed E-state index contributed by atoms with van der Waals surface area (Å²) in [7, 11) is 2.08. The van der Waals surface area contributed by atoms with E-state index in [4.69, 9.17) is 5.73 Å². The summed E-state index contributed by atoms with van der Waals surface area (Å²) < 4.78 is 2.15. The molecule has 0 saturated heterocycles. The molecule has 2 rings (SSSR count). The quantitative estimate of drug-likeness (QED) is 0.732. The number of nitrogens with zero attached hydrogens (tertiary/aromatic N) is 2. The van der Waals surface area contributed by atoms with E-state index in [1.54, 1.807) is 0 Å². The van der Waals surface area contributed by atoms with Crippen LogP contribution in [0.1, 0.15) is 24.2 Å². The minimum atomic E-state index is 0.771. The first-order chi connectivity index (χ1) is 6.31. The number of fused-ring (bicyclic) bond motifs is 1. The average molecular weight is 179 g/mol. The molecule has 0 bridgehead atoms. The van der Waals surface area contributed by atoms with Crippen molar-refractivity contribution >= 4 is 0 Å². The van der Waals surface area contributed by atoms with Gasteiger partial charge in [0.2, 0.25) is 0 Å². The lowest BCUT2D eigenvalue weighted by molar-refractivity contribution is 0.422. The molecule has 13 heavy (non-hydrogen) atoms. The van der Waals surface area contributed by atoms with Crippen LogP contribution in [0.4, 0.5) is 0 Å². The molecular weight excluding hydrogens is 162 g/mol. The summed E-state index contributed by atoms with van der Waals surface area (Å²) in [6, 6.07) is 0. The van der Waals surface area contributed by atoms with Crippen LogP contribution < -0.4 is 5.73 Å². The summed E-state index contributed by atoms with van der Waals surface area (Å²) in [6.45, 7) is 0.812. The van der Waals surface area contributed by atoms with Crippen molar-refractivity contribution in [2.75, 3.05) is 6.54 Å². The Morgan fingerprint density at radius 3 is 3.31 bits per heavy atom. The number of imidazole rings is 1. The summed E-state index contributed by atoms with van der Waals surface area (Å²) >= 11 is 0. The molecule has 1 heterocycles. The summed E-state index contributed by atoms with van der Waals surface area (Å²) in [5.74, 6) is 0.771. The van der Waals surface area contributed by atoms with Crippen LogP contribution >= 0.6 is 0 Å². The molecule has 0 spiro atoms. The van der Waals surface area contributed by atoms with E-state index in [0.29, 0.717) is 0 Å². The van der Waals surface area contributed by atoms with Crippen LogP contribution in [0.25, 0.3) is 0 Å². The Hall–Kier alpha value is -0.830. The van der Waals surface area contributed by atoms with E-state index in [9.17, 15) is 0 Å². The molecule has 1 unspecified atom stereocenters. The molecular formula is C10H17N3. The van der Waals surface area contributed by atoms with Crippen molar-refractivity contribution in [2.45, 2.75) is 25.7 Å². The summed E-state index contributed by atoms with van der Waals surface area (Å²) in [4.78, 5) is 4.41. The lowest BCUT2D eigenvalue weighted by Crippen LogP contribution is -2.18. The zero-order valence-electron chi connectivity index (χ0n) is 8.16. The van der Waals surface area contributed by atoms with Gasteiger partial charge in [-0.05, 0) is 38.1 Å². The molecule has 1 aromatic heterocycles. The van der Waals surface area contributed by atoms with Crippen molar-refractivity contribution in [2.24, 2.45) is 18.7 Å². The molecule has 0 saturated carbocycles. The summed E-state index contributed by atoms with van der Waals surface area (Å²) in [6.07, 6.45) is 6.67. The molecule has 3 nitrogen and oxygen atoms in total. The Bertz CT molecular complexity index is 290. The smallest absolute Gasteiger partial charge is 0.0949 e. The van der Waals surface area contributed by atoms with Gasteiger partial charge in [0.25, 0.3) is 0 Å². The molecule has 72 valence electrons. The first kappa shape index (κ1) is 8.75. The summed E-state index contributed by atoms with van der Waals surface area (Å²) in [5, 5.41) is 0. The van der Waals surface area contributed by atoms with Gasteiger partial charge in [0, 0.05) is 12.7 Å². The van der Waals surface area contributed by atoms with Gasteiger partial charge in [-0.2, -0.15) is 0 Å². The van der Waals surface area contributed by atoms with Crippen LogP contribution in [0.3, 0.4) is 0 Å². The molecule has 1 aliphatic carbocycles. The fraction of sp³-hybridized carbons (Fsp3) is 0.700. The second-order valence-electron chi connectivity index (χ2n) is 3.94. The molecule has 2 N–H and O–H groups in total. The SMILES string of the molecule is Cn1cnc2c1CCC(CCN)C2. The Morgan fingerprint density at radius 1 is 1.69 bits per heavy atom. The lowest BCUT2D eigenvalue weighted by Gasteiger charge is -2.21. The maximum atomic E-state index is 5.56. The number of hydrogen-bond acceptors (Lipinski definition) is 2. The van der Waals surface area contributed by atoms with Gasteiger partial charge < -0.3 is 10.3 Å². The number of hydrogen-bond donors (Lipinski definition) is 1. The highest BCUT2D eigenvalue weighted by atomic mass is 15.0. The normalized spacial score (nSPS) is 21.5. The minimum absolute atomic E-state index is 0.771. The van der Waals surface area contributed by atoms with Gasteiger partial charge in [-0.15, -0.1) is 0 Å². The molecule has 0 aromatic carbocycles. The monoisotopic (exact) mass is 179 g/mol. The maximum Gasteiger partial charge on any atom is 0.0949 e. The van der Waals surface area contributed by atoms with Crippen molar-refractivity contribution in [3.05, 3.63) is 17.7 Å². The van der Waals surface area contributed by atoms with Gasteiger partial charge >= 0.3 is 0 Å². The number of nitrogens with two attached hydrogens (primary N) is 1. The van der Waals surface area contributed by atoms with E-state index in [1.807, 2.05) is 6.33 Å². The van der Waals surface area contributed by atoms with Crippen LogP contribution in [-0.2, 0) is 19.9 Å². The van der Waals surface area contributed by atoms with E-state index in [1.165, 1.54) is 24.2 Å². The molecule has 3 heteroatoms. The van der Waals surface area contributed by atoms with Gasteiger partial charge in [-0.1, -0.05) is 0 Å². The fourth-order valence-electron chi connectivity index (χ4n) is 2.19. The van der Waals surface area contributed by atoms with Crippen LogP contribution in [0.2, 0.25) is 0 Å². The van der Waals surface area contributed by atoms with E-state index in [2.05, 4.69) is 16.6 Å². The minimum Gasteiger partial charge on any atom is -0.337 e. The van der Waals surface area contributed by atoms with Crippen LogP contribution in [0.15, 0.2) is 6.33 Å². The average Bonchev–Trinajstić information content (AvgIpc) is 2.48. The molecule has 0 aliphatic heterocycles.